The van der Waals surface area contributed by atoms with E-state index >= 15 is 0 Å². The molecule has 0 amide bonds. The number of nitrogens with zero attached hydrogens (tertiary/aromatic N) is 1. The summed E-state index contributed by atoms with van der Waals surface area (Å²) in [5.74, 6) is 0. The molecule has 1 fully saturated rings. The predicted molar refractivity (Wildman–Crippen MR) is 112 cm³/mol. The van der Waals surface area contributed by atoms with Crippen molar-refractivity contribution in [2.24, 2.45) is 0 Å². The molecular weight excluding hydrogens is 346 g/mol. The second-order valence-corrected chi connectivity index (χ2v) is 7.52. The maximum absolute atomic E-state index is 11.1. The molecule has 3 aromatic rings. The third kappa shape index (κ3) is 4.00. The lowest BCUT2D eigenvalue weighted by Gasteiger charge is -2.41. The molecule has 1 aliphatic rings. The van der Waals surface area contributed by atoms with Gasteiger partial charge in [0.05, 0.1) is 13.2 Å². The minimum atomic E-state index is -0.135. The molecule has 142 valence electrons. The van der Waals surface area contributed by atoms with E-state index in [1.54, 1.807) is 0 Å². The number of rotatable bonds is 8. The van der Waals surface area contributed by atoms with Gasteiger partial charge < -0.3 is 14.4 Å². The first-order valence-corrected chi connectivity index (χ1v) is 9.74. The first kappa shape index (κ1) is 18.5. The first-order valence-electron chi connectivity index (χ1n) is 9.74. The molecule has 3 nitrogen and oxygen atoms in total. The zero-order chi connectivity index (χ0) is 19.2. The zero-order valence-electron chi connectivity index (χ0n) is 16.0. The monoisotopic (exact) mass is 371 g/mol. The SMILES string of the molecule is O=CCC1(c2ccc(N(Cc3ccccc3)Cc3ccccc3)cc2)COC1. The Labute approximate surface area is 166 Å². The van der Waals surface area contributed by atoms with Crippen molar-refractivity contribution < 1.29 is 9.53 Å². The third-order valence-electron chi connectivity index (χ3n) is 5.51. The molecule has 0 aliphatic carbocycles. The van der Waals surface area contributed by atoms with Gasteiger partial charge in [0.15, 0.2) is 0 Å². The van der Waals surface area contributed by atoms with E-state index < -0.39 is 0 Å². The zero-order valence-corrected chi connectivity index (χ0v) is 16.0. The molecule has 1 heterocycles. The van der Waals surface area contributed by atoms with Gasteiger partial charge in [0.1, 0.15) is 6.29 Å². The van der Waals surface area contributed by atoms with E-state index in [4.69, 9.17) is 4.74 Å². The van der Waals surface area contributed by atoms with Crippen LogP contribution < -0.4 is 4.90 Å². The van der Waals surface area contributed by atoms with E-state index in [-0.39, 0.29) is 5.41 Å². The van der Waals surface area contributed by atoms with Crippen LogP contribution in [0.15, 0.2) is 84.9 Å². The average Bonchev–Trinajstić information content (AvgIpc) is 2.72. The largest absolute Gasteiger partial charge is 0.379 e. The molecule has 28 heavy (non-hydrogen) atoms. The summed E-state index contributed by atoms with van der Waals surface area (Å²) in [4.78, 5) is 13.5. The molecular formula is C25H25NO2. The minimum Gasteiger partial charge on any atom is -0.379 e. The van der Waals surface area contributed by atoms with E-state index in [2.05, 4.69) is 77.7 Å². The number of aldehydes is 1. The van der Waals surface area contributed by atoms with Crippen molar-refractivity contribution >= 4 is 12.0 Å². The molecule has 0 bridgehead atoms. The van der Waals surface area contributed by atoms with E-state index in [1.165, 1.54) is 22.4 Å². The van der Waals surface area contributed by atoms with Crippen LogP contribution in [0.1, 0.15) is 23.1 Å². The lowest BCUT2D eigenvalue weighted by atomic mass is 9.76. The Hall–Kier alpha value is -2.91. The van der Waals surface area contributed by atoms with Gasteiger partial charge in [-0.05, 0) is 28.8 Å². The highest BCUT2D eigenvalue weighted by molar-refractivity contribution is 5.56. The second-order valence-electron chi connectivity index (χ2n) is 7.52. The van der Waals surface area contributed by atoms with Crippen LogP contribution in [0.3, 0.4) is 0 Å². The quantitative estimate of drug-likeness (QED) is 0.535. The van der Waals surface area contributed by atoms with E-state index in [0.717, 1.165) is 19.4 Å². The van der Waals surface area contributed by atoms with Crippen molar-refractivity contribution in [2.75, 3.05) is 18.1 Å². The number of hydrogen-bond acceptors (Lipinski definition) is 3. The van der Waals surface area contributed by atoms with Crippen LogP contribution in [-0.4, -0.2) is 19.5 Å². The van der Waals surface area contributed by atoms with Crippen LogP contribution in [-0.2, 0) is 28.0 Å². The molecule has 0 spiro atoms. The first-order chi connectivity index (χ1) is 13.8. The molecule has 0 unspecified atom stereocenters. The number of hydrogen-bond donors (Lipinski definition) is 0. The van der Waals surface area contributed by atoms with Crippen molar-refractivity contribution in [1.82, 2.24) is 0 Å². The van der Waals surface area contributed by atoms with E-state index in [1.807, 2.05) is 12.1 Å². The highest BCUT2D eigenvalue weighted by Crippen LogP contribution is 2.36. The van der Waals surface area contributed by atoms with Crippen LogP contribution >= 0.6 is 0 Å². The standard InChI is InChI=1S/C25H25NO2/c27-16-15-25(19-28-20-25)23-11-13-24(14-12-23)26(17-21-7-3-1-4-8-21)18-22-9-5-2-6-10-22/h1-14,16H,15,17-20H2. The maximum atomic E-state index is 11.1. The normalized spacial score (nSPS) is 14.9. The summed E-state index contributed by atoms with van der Waals surface area (Å²) in [5, 5.41) is 0. The average molecular weight is 371 g/mol. The summed E-state index contributed by atoms with van der Waals surface area (Å²) < 4.78 is 5.41. The second kappa shape index (κ2) is 8.41. The van der Waals surface area contributed by atoms with Gasteiger partial charge in [-0.1, -0.05) is 72.8 Å². The fraction of sp³-hybridized carbons (Fsp3) is 0.240. The molecule has 0 radical (unpaired) electrons. The summed E-state index contributed by atoms with van der Waals surface area (Å²) in [6.07, 6.45) is 1.53. The molecule has 0 atom stereocenters. The number of ether oxygens (including phenoxy) is 1. The number of anilines is 1. The summed E-state index contributed by atoms with van der Waals surface area (Å²) in [6.45, 7) is 2.95. The predicted octanol–water partition coefficient (Wildman–Crippen LogP) is 4.75. The Morgan fingerprint density at radius 3 is 1.75 bits per heavy atom. The van der Waals surface area contributed by atoms with Gasteiger partial charge in [-0.2, -0.15) is 0 Å². The highest BCUT2D eigenvalue weighted by atomic mass is 16.5. The maximum Gasteiger partial charge on any atom is 0.121 e. The summed E-state index contributed by atoms with van der Waals surface area (Å²) in [5.41, 5.74) is 4.80. The van der Waals surface area contributed by atoms with Gasteiger partial charge in [0, 0.05) is 30.6 Å². The Morgan fingerprint density at radius 1 is 0.786 bits per heavy atom. The Morgan fingerprint density at radius 2 is 1.32 bits per heavy atom. The molecule has 0 aromatic heterocycles. The molecule has 1 saturated heterocycles. The van der Waals surface area contributed by atoms with Crippen LogP contribution in [0, 0.1) is 0 Å². The fourth-order valence-electron chi connectivity index (χ4n) is 3.78. The van der Waals surface area contributed by atoms with Crippen LogP contribution in [0.25, 0.3) is 0 Å². The van der Waals surface area contributed by atoms with Crippen molar-refractivity contribution in [2.45, 2.75) is 24.9 Å². The van der Waals surface area contributed by atoms with Gasteiger partial charge >= 0.3 is 0 Å². The number of carbonyl (C=O) groups excluding carboxylic acids is 1. The van der Waals surface area contributed by atoms with Crippen LogP contribution in [0.5, 0.6) is 0 Å². The Bertz CT molecular complexity index is 845. The minimum absolute atomic E-state index is 0.135. The highest BCUT2D eigenvalue weighted by Gasteiger charge is 2.39. The molecule has 3 heteroatoms. The molecule has 0 N–H and O–H groups in total. The van der Waals surface area contributed by atoms with Crippen molar-refractivity contribution in [3.05, 3.63) is 102 Å². The van der Waals surface area contributed by atoms with E-state index in [9.17, 15) is 4.79 Å². The third-order valence-corrected chi connectivity index (χ3v) is 5.51. The summed E-state index contributed by atoms with van der Waals surface area (Å²) >= 11 is 0. The lowest BCUT2D eigenvalue weighted by Crippen LogP contribution is -2.47. The van der Waals surface area contributed by atoms with Crippen molar-refractivity contribution in [3.8, 4) is 0 Å². The van der Waals surface area contributed by atoms with Gasteiger partial charge in [-0.3, -0.25) is 0 Å². The molecule has 0 saturated carbocycles. The van der Waals surface area contributed by atoms with Crippen molar-refractivity contribution in [1.29, 1.82) is 0 Å². The van der Waals surface area contributed by atoms with Gasteiger partial charge in [-0.25, -0.2) is 0 Å². The Balaban J connectivity index is 1.59. The topological polar surface area (TPSA) is 29.5 Å². The van der Waals surface area contributed by atoms with Gasteiger partial charge in [-0.15, -0.1) is 0 Å². The number of benzene rings is 3. The van der Waals surface area contributed by atoms with Gasteiger partial charge in [0.25, 0.3) is 0 Å². The van der Waals surface area contributed by atoms with Crippen molar-refractivity contribution in [3.63, 3.8) is 0 Å². The smallest absolute Gasteiger partial charge is 0.121 e. The fourth-order valence-corrected chi connectivity index (χ4v) is 3.78. The molecule has 1 aliphatic heterocycles. The van der Waals surface area contributed by atoms with Crippen LogP contribution in [0.4, 0.5) is 5.69 Å². The summed E-state index contributed by atoms with van der Waals surface area (Å²) in [7, 11) is 0. The van der Waals surface area contributed by atoms with Crippen LogP contribution in [0.2, 0.25) is 0 Å². The van der Waals surface area contributed by atoms with Gasteiger partial charge in [0.2, 0.25) is 0 Å². The molecule has 3 aromatic carbocycles. The number of carbonyl (C=O) groups is 1. The molecule has 4 rings (SSSR count). The van der Waals surface area contributed by atoms with E-state index in [0.29, 0.717) is 19.6 Å². The lowest BCUT2D eigenvalue weighted by molar-refractivity contribution is -0.116. The summed E-state index contributed by atoms with van der Waals surface area (Å²) in [6, 6.07) is 29.7. The Kier molecular flexibility index (Phi) is 5.54.